The van der Waals surface area contributed by atoms with Gasteiger partial charge in [-0.15, -0.1) is 0 Å². The summed E-state index contributed by atoms with van der Waals surface area (Å²) in [6, 6.07) is 2.88. The summed E-state index contributed by atoms with van der Waals surface area (Å²) in [4.78, 5) is 12.2. The third-order valence-electron chi connectivity index (χ3n) is 3.93. The number of rotatable bonds is 2. The summed E-state index contributed by atoms with van der Waals surface area (Å²) in [5.41, 5.74) is 0.152. The molecule has 1 aliphatic carbocycles. The van der Waals surface area contributed by atoms with E-state index < -0.39 is 11.6 Å². The van der Waals surface area contributed by atoms with Crippen LogP contribution in [0.25, 0.3) is 0 Å². The first-order chi connectivity index (χ1) is 8.50. The van der Waals surface area contributed by atoms with Crippen molar-refractivity contribution in [1.82, 2.24) is 0 Å². The molecule has 1 aliphatic rings. The number of hydrogen-bond acceptors (Lipinski definition) is 1. The fourth-order valence-electron chi connectivity index (χ4n) is 2.58. The highest BCUT2D eigenvalue weighted by Gasteiger charge is 2.28. The first kappa shape index (κ1) is 13.2. The molecule has 0 heterocycles. The topological polar surface area (TPSA) is 17.1 Å². The summed E-state index contributed by atoms with van der Waals surface area (Å²) >= 11 is 0. The first-order valence-corrected chi connectivity index (χ1v) is 6.49. The van der Waals surface area contributed by atoms with Crippen molar-refractivity contribution in [2.75, 3.05) is 0 Å². The molecule has 3 heteroatoms. The molecular formula is C15H18F2O. The van der Waals surface area contributed by atoms with Gasteiger partial charge in [0.2, 0.25) is 0 Å². The lowest BCUT2D eigenvalue weighted by Gasteiger charge is -2.25. The van der Waals surface area contributed by atoms with Gasteiger partial charge in [-0.05, 0) is 37.3 Å². The normalized spacial score (nSPS) is 24.0. The third-order valence-corrected chi connectivity index (χ3v) is 3.93. The second-order valence-corrected chi connectivity index (χ2v) is 5.38. The Morgan fingerprint density at radius 1 is 1.11 bits per heavy atom. The van der Waals surface area contributed by atoms with Gasteiger partial charge >= 0.3 is 0 Å². The van der Waals surface area contributed by atoms with Crippen LogP contribution in [0, 0.1) is 30.4 Å². The minimum absolute atomic E-state index is 0.0855. The minimum Gasteiger partial charge on any atom is -0.294 e. The van der Waals surface area contributed by atoms with E-state index in [-0.39, 0.29) is 22.8 Å². The Bertz CT molecular complexity index is 460. The fraction of sp³-hybridized carbons (Fsp3) is 0.533. The van der Waals surface area contributed by atoms with E-state index in [9.17, 15) is 13.6 Å². The van der Waals surface area contributed by atoms with Crippen molar-refractivity contribution in [2.45, 2.75) is 39.5 Å². The number of halogens is 2. The van der Waals surface area contributed by atoms with Crippen LogP contribution in [0.2, 0.25) is 0 Å². The Morgan fingerprint density at radius 2 is 1.72 bits per heavy atom. The van der Waals surface area contributed by atoms with Crippen LogP contribution in [-0.4, -0.2) is 5.78 Å². The zero-order valence-corrected chi connectivity index (χ0v) is 10.8. The molecule has 1 saturated carbocycles. The fourth-order valence-corrected chi connectivity index (χ4v) is 2.58. The molecule has 0 unspecified atom stereocenters. The second-order valence-electron chi connectivity index (χ2n) is 5.38. The van der Waals surface area contributed by atoms with Crippen molar-refractivity contribution in [3.05, 3.63) is 34.9 Å². The molecule has 0 radical (unpaired) electrons. The number of ketones is 1. The molecule has 2 rings (SSSR count). The first-order valence-electron chi connectivity index (χ1n) is 6.49. The SMILES string of the molecule is Cc1ccc(C(=O)C2CCC(C)CC2)c(F)c1F. The molecule has 1 aromatic carbocycles. The molecule has 0 saturated heterocycles. The molecule has 0 spiro atoms. The monoisotopic (exact) mass is 252 g/mol. The van der Waals surface area contributed by atoms with Crippen LogP contribution in [0.5, 0.6) is 0 Å². The predicted molar refractivity (Wildman–Crippen MR) is 66.5 cm³/mol. The van der Waals surface area contributed by atoms with Crippen molar-refractivity contribution in [2.24, 2.45) is 11.8 Å². The van der Waals surface area contributed by atoms with Gasteiger partial charge in [-0.3, -0.25) is 4.79 Å². The van der Waals surface area contributed by atoms with E-state index >= 15 is 0 Å². The van der Waals surface area contributed by atoms with Gasteiger partial charge in [0.25, 0.3) is 0 Å². The van der Waals surface area contributed by atoms with Gasteiger partial charge in [0, 0.05) is 5.92 Å². The Kier molecular flexibility index (Phi) is 3.79. The Hall–Kier alpha value is -1.25. The largest absolute Gasteiger partial charge is 0.294 e. The molecule has 98 valence electrons. The highest BCUT2D eigenvalue weighted by atomic mass is 19.2. The Labute approximate surface area is 106 Å². The molecule has 1 nitrogen and oxygen atoms in total. The van der Waals surface area contributed by atoms with Crippen LogP contribution in [0.4, 0.5) is 8.78 Å². The van der Waals surface area contributed by atoms with Crippen molar-refractivity contribution < 1.29 is 13.6 Å². The lowest BCUT2D eigenvalue weighted by Crippen LogP contribution is -2.22. The molecule has 0 bridgehead atoms. The summed E-state index contributed by atoms with van der Waals surface area (Å²) in [5.74, 6) is -1.63. The van der Waals surface area contributed by atoms with Crippen LogP contribution in [-0.2, 0) is 0 Å². The van der Waals surface area contributed by atoms with Crippen LogP contribution in [0.3, 0.4) is 0 Å². The minimum atomic E-state index is -0.987. The maximum Gasteiger partial charge on any atom is 0.169 e. The van der Waals surface area contributed by atoms with E-state index in [1.54, 1.807) is 0 Å². The lowest BCUT2D eigenvalue weighted by molar-refractivity contribution is 0.0870. The van der Waals surface area contributed by atoms with Crippen LogP contribution < -0.4 is 0 Å². The van der Waals surface area contributed by atoms with Crippen molar-refractivity contribution in [3.63, 3.8) is 0 Å². The standard InChI is InChI=1S/C15H18F2O/c1-9-3-6-11(7-4-9)15(18)12-8-5-10(2)13(16)14(12)17/h5,8-9,11H,3-4,6-7H2,1-2H3. The van der Waals surface area contributed by atoms with Crippen molar-refractivity contribution in [3.8, 4) is 0 Å². The zero-order chi connectivity index (χ0) is 13.3. The molecule has 0 aliphatic heterocycles. The summed E-state index contributed by atoms with van der Waals surface area (Å²) in [7, 11) is 0. The van der Waals surface area contributed by atoms with Crippen LogP contribution >= 0.6 is 0 Å². The van der Waals surface area contributed by atoms with E-state index in [1.165, 1.54) is 19.1 Å². The number of aryl methyl sites for hydroxylation is 1. The molecule has 0 N–H and O–H groups in total. The zero-order valence-electron chi connectivity index (χ0n) is 10.8. The van der Waals surface area contributed by atoms with E-state index in [1.807, 2.05) is 0 Å². The molecule has 1 fully saturated rings. The quantitative estimate of drug-likeness (QED) is 0.718. The van der Waals surface area contributed by atoms with E-state index in [4.69, 9.17) is 0 Å². The molecule has 0 amide bonds. The van der Waals surface area contributed by atoms with Gasteiger partial charge in [0.1, 0.15) is 0 Å². The lowest BCUT2D eigenvalue weighted by atomic mass is 9.79. The Morgan fingerprint density at radius 3 is 2.33 bits per heavy atom. The summed E-state index contributed by atoms with van der Waals surface area (Å²) in [5, 5.41) is 0. The van der Waals surface area contributed by atoms with Gasteiger partial charge in [-0.2, -0.15) is 0 Å². The highest BCUT2D eigenvalue weighted by molar-refractivity contribution is 5.98. The summed E-state index contributed by atoms with van der Waals surface area (Å²) < 4.78 is 27.2. The van der Waals surface area contributed by atoms with E-state index in [0.717, 1.165) is 25.7 Å². The molecule has 0 aromatic heterocycles. The number of Topliss-reactive ketones (excluding diaryl/α,β-unsaturated/α-hetero) is 1. The van der Waals surface area contributed by atoms with Gasteiger partial charge in [-0.25, -0.2) is 8.78 Å². The smallest absolute Gasteiger partial charge is 0.169 e. The van der Waals surface area contributed by atoms with Crippen LogP contribution in [0.15, 0.2) is 12.1 Å². The van der Waals surface area contributed by atoms with E-state index in [2.05, 4.69) is 6.92 Å². The second kappa shape index (κ2) is 5.17. The maximum absolute atomic E-state index is 13.7. The highest BCUT2D eigenvalue weighted by Crippen LogP contribution is 2.31. The number of carbonyl (C=O) groups excluding carboxylic acids is 1. The van der Waals surface area contributed by atoms with Gasteiger partial charge in [0.15, 0.2) is 17.4 Å². The molecular weight excluding hydrogens is 234 g/mol. The molecule has 1 aromatic rings. The number of hydrogen-bond donors (Lipinski definition) is 0. The van der Waals surface area contributed by atoms with Crippen molar-refractivity contribution >= 4 is 5.78 Å². The van der Waals surface area contributed by atoms with Gasteiger partial charge in [0.05, 0.1) is 5.56 Å². The van der Waals surface area contributed by atoms with Gasteiger partial charge < -0.3 is 0 Å². The summed E-state index contributed by atoms with van der Waals surface area (Å²) in [6.45, 7) is 3.65. The number of carbonyl (C=O) groups is 1. The number of benzene rings is 1. The average molecular weight is 252 g/mol. The maximum atomic E-state index is 13.7. The van der Waals surface area contributed by atoms with Gasteiger partial charge in [-0.1, -0.05) is 25.8 Å². The summed E-state index contributed by atoms with van der Waals surface area (Å²) in [6.07, 6.45) is 3.56. The Balaban J connectivity index is 2.21. The molecule has 18 heavy (non-hydrogen) atoms. The predicted octanol–water partition coefficient (Wildman–Crippen LogP) is 4.28. The van der Waals surface area contributed by atoms with Crippen LogP contribution in [0.1, 0.15) is 48.5 Å². The molecule has 0 atom stereocenters. The average Bonchev–Trinajstić information content (AvgIpc) is 2.36. The van der Waals surface area contributed by atoms with E-state index in [0.29, 0.717) is 5.92 Å². The van der Waals surface area contributed by atoms with Crippen molar-refractivity contribution in [1.29, 1.82) is 0 Å². The third kappa shape index (κ3) is 2.45.